The average Bonchev–Trinajstić information content (AvgIpc) is 2.56. The smallest absolute Gasteiger partial charge is 0.302 e. The molecule has 0 N–H and O–H groups in total. The van der Waals surface area contributed by atoms with E-state index < -0.39 is 5.41 Å². The molecule has 1 heterocycles. The van der Waals surface area contributed by atoms with Crippen molar-refractivity contribution in [2.45, 2.75) is 84.3 Å². The number of carbonyl (C=O) groups is 2. The summed E-state index contributed by atoms with van der Waals surface area (Å²) < 4.78 is 12.0. The molecular weight excluding hydrogens is 328 g/mol. The molecule has 4 nitrogen and oxygen atoms in total. The van der Waals surface area contributed by atoms with E-state index in [1.54, 1.807) is 0 Å². The van der Waals surface area contributed by atoms with E-state index in [2.05, 4.69) is 34.3 Å². The second-order valence-electron chi connectivity index (χ2n) is 9.75. The summed E-state index contributed by atoms with van der Waals surface area (Å²) in [6, 6.07) is 0. The van der Waals surface area contributed by atoms with Gasteiger partial charge in [0.05, 0.1) is 17.8 Å². The third-order valence-corrected chi connectivity index (χ3v) is 7.91. The van der Waals surface area contributed by atoms with Crippen LogP contribution in [0.5, 0.6) is 0 Å². The van der Waals surface area contributed by atoms with Crippen molar-refractivity contribution >= 4 is 11.8 Å². The van der Waals surface area contributed by atoms with E-state index in [9.17, 15) is 9.59 Å². The Labute approximate surface area is 157 Å². The molecule has 3 rings (SSSR count). The summed E-state index contributed by atoms with van der Waals surface area (Å²) in [5, 5.41) is 0. The first kappa shape index (κ1) is 19.6. The lowest BCUT2D eigenvalue weighted by Gasteiger charge is -2.64. The highest BCUT2D eigenvalue weighted by atomic mass is 16.5. The van der Waals surface area contributed by atoms with Gasteiger partial charge in [-0.05, 0) is 51.9 Å². The Bertz CT molecular complexity index is 628. The standard InChI is InChI=1S/C22H34O4/c1-7-20(4)12-8-17-21(5,26-20)13-9-16-19(3,14-25-15(2)23)11-10-18(24)22(16,17)6/h7,16-17H,1,8-14H2,2-6H3/t16-,17-,19-,20-,21+,22-/m0/s1. The van der Waals surface area contributed by atoms with E-state index in [4.69, 9.17) is 9.47 Å². The van der Waals surface area contributed by atoms with Crippen molar-refractivity contribution in [2.75, 3.05) is 6.61 Å². The number of Topliss-reactive ketones (excluding diaryl/α,β-unsaturated/α-hetero) is 1. The van der Waals surface area contributed by atoms with E-state index in [1.807, 2.05) is 6.08 Å². The van der Waals surface area contributed by atoms with Gasteiger partial charge in [0, 0.05) is 30.1 Å². The topological polar surface area (TPSA) is 52.6 Å². The van der Waals surface area contributed by atoms with Crippen LogP contribution in [-0.4, -0.2) is 29.6 Å². The van der Waals surface area contributed by atoms with Gasteiger partial charge >= 0.3 is 5.97 Å². The van der Waals surface area contributed by atoms with Crippen molar-refractivity contribution in [2.24, 2.45) is 22.7 Å². The Morgan fingerprint density at radius 1 is 1.19 bits per heavy atom. The average molecular weight is 363 g/mol. The predicted octanol–water partition coefficient (Wildman–Crippen LogP) is 4.47. The first-order valence-corrected chi connectivity index (χ1v) is 10.00. The van der Waals surface area contributed by atoms with Crippen molar-refractivity contribution in [1.82, 2.24) is 0 Å². The largest absolute Gasteiger partial charge is 0.465 e. The zero-order valence-corrected chi connectivity index (χ0v) is 17.0. The highest BCUT2D eigenvalue weighted by Crippen LogP contribution is 2.64. The highest BCUT2D eigenvalue weighted by molar-refractivity contribution is 5.86. The maximum absolute atomic E-state index is 13.2. The summed E-state index contributed by atoms with van der Waals surface area (Å²) in [6.45, 7) is 14.5. The van der Waals surface area contributed by atoms with Crippen LogP contribution in [0.4, 0.5) is 0 Å². The molecule has 0 spiro atoms. The molecule has 0 radical (unpaired) electrons. The van der Waals surface area contributed by atoms with Crippen LogP contribution in [-0.2, 0) is 19.1 Å². The van der Waals surface area contributed by atoms with Crippen LogP contribution >= 0.6 is 0 Å². The van der Waals surface area contributed by atoms with Crippen LogP contribution in [0.1, 0.15) is 73.1 Å². The molecule has 3 aliphatic rings. The summed E-state index contributed by atoms with van der Waals surface area (Å²) in [6.07, 6.45) is 7.01. The molecule has 6 atom stereocenters. The molecule has 2 aliphatic carbocycles. The minimum atomic E-state index is -0.414. The minimum absolute atomic E-state index is 0.144. The summed E-state index contributed by atoms with van der Waals surface area (Å²) in [5.74, 6) is 0.550. The Balaban J connectivity index is 1.95. The van der Waals surface area contributed by atoms with Crippen molar-refractivity contribution in [3.05, 3.63) is 12.7 Å². The molecule has 0 aromatic rings. The van der Waals surface area contributed by atoms with E-state index in [0.29, 0.717) is 18.8 Å². The Morgan fingerprint density at radius 3 is 2.46 bits per heavy atom. The van der Waals surface area contributed by atoms with E-state index >= 15 is 0 Å². The van der Waals surface area contributed by atoms with E-state index in [0.717, 1.165) is 32.1 Å². The number of esters is 1. The Hall–Kier alpha value is -1.16. The fraction of sp³-hybridized carbons (Fsp3) is 0.818. The van der Waals surface area contributed by atoms with Crippen LogP contribution in [0.15, 0.2) is 12.7 Å². The lowest BCUT2D eigenvalue weighted by atomic mass is 9.43. The second kappa shape index (κ2) is 6.19. The highest BCUT2D eigenvalue weighted by Gasteiger charge is 2.65. The van der Waals surface area contributed by atoms with E-state index in [-0.39, 0.29) is 34.4 Å². The van der Waals surface area contributed by atoms with Gasteiger partial charge in [0.15, 0.2) is 0 Å². The molecule has 0 unspecified atom stereocenters. The van der Waals surface area contributed by atoms with Gasteiger partial charge in [-0.15, -0.1) is 6.58 Å². The number of hydrogen-bond donors (Lipinski definition) is 0. The second-order valence-corrected chi connectivity index (χ2v) is 9.75. The summed E-state index contributed by atoms with van der Waals surface area (Å²) >= 11 is 0. The third-order valence-electron chi connectivity index (χ3n) is 7.91. The number of hydrogen-bond acceptors (Lipinski definition) is 4. The lowest BCUT2D eigenvalue weighted by Crippen LogP contribution is -2.66. The number of rotatable bonds is 3. The number of fused-ring (bicyclic) bond motifs is 3. The molecule has 1 saturated heterocycles. The molecular formula is C22H34O4. The van der Waals surface area contributed by atoms with Crippen LogP contribution < -0.4 is 0 Å². The minimum Gasteiger partial charge on any atom is -0.465 e. The van der Waals surface area contributed by atoms with Crippen molar-refractivity contribution < 1.29 is 19.1 Å². The Morgan fingerprint density at radius 2 is 1.85 bits per heavy atom. The fourth-order valence-electron chi connectivity index (χ4n) is 6.41. The maximum Gasteiger partial charge on any atom is 0.302 e. The summed E-state index contributed by atoms with van der Waals surface area (Å²) in [7, 11) is 0. The maximum atomic E-state index is 13.2. The van der Waals surface area contributed by atoms with Gasteiger partial charge in [-0.2, -0.15) is 0 Å². The SMILES string of the molecule is C=C[C@@]1(C)CC[C@@H]2[C@@]3(C)C(=O)CC[C@@](C)(COC(C)=O)[C@@H]3CC[C@@]2(C)O1. The molecule has 0 bridgehead atoms. The van der Waals surface area contributed by atoms with Gasteiger partial charge in [-0.25, -0.2) is 0 Å². The molecule has 3 fully saturated rings. The predicted molar refractivity (Wildman–Crippen MR) is 101 cm³/mol. The molecule has 2 saturated carbocycles. The zero-order chi connectivity index (χ0) is 19.4. The van der Waals surface area contributed by atoms with Gasteiger partial charge in [-0.3, -0.25) is 9.59 Å². The van der Waals surface area contributed by atoms with Crippen LogP contribution in [0.2, 0.25) is 0 Å². The summed E-state index contributed by atoms with van der Waals surface area (Å²) in [5.41, 5.74) is -1.17. The molecule has 0 amide bonds. The van der Waals surface area contributed by atoms with Gasteiger partial charge in [0.1, 0.15) is 5.78 Å². The molecule has 0 aromatic heterocycles. The Kier molecular flexibility index (Phi) is 4.66. The van der Waals surface area contributed by atoms with Crippen LogP contribution in [0, 0.1) is 22.7 Å². The van der Waals surface area contributed by atoms with Gasteiger partial charge < -0.3 is 9.47 Å². The first-order chi connectivity index (χ1) is 12.0. The lowest BCUT2D eigenvalue weighted by molar-refractivity contribution is -0.249. The van der Waals surface area contributed by atoms with Gasteiger partial charge in [0.25, 0.3) is 0 Å². The number of ether oxygens (including phenoxy) is 2. The molecule has 26 heavy (non-hydrogen) atoms. The van der Waals surface area contributed by atoms with Crippen molar-refractivity contribution in [3.8, 4) is 0 Å². The van der Waals surface area contributed by atoms with Gasteiger partial charge in [-0.1, -0.05) is 19.9 Å². The van der Waals surface area contributed by atoms with Gasteiger partial charge in [0.2, 0.25) is 0 Å². The first-order valence-electron chi connectivity index (χ1n) is 10.00. The number of carbonyl (C=O) groups excluding carboxylic acids is 2. The fourth-order valence-corrected chi connectivity index (χ4v) is 6.41. The molecule has 0 aromatic carbocycles. The monoisotopic (exact) mass is 362 g/mol. The molecule has 1 aliphatic heterocycles. The van der Waals surface area contributed by atoms with Crippen molar-refractivity contribution in [1.29, 1.82) is 0 Å². The van der Waals surface area contributed by atoms with E-state index in [1.165, 1.54) is 6.92 Å². The summed E-state index contributed by atoms with van der Waals surface area (Å²) in [4.78, 5) is 24.6. The van der Waals surface area contributed by atoms with Crippen LogP contribution in [0.3, 0.4) is 0 Å². The zero-order valence-electron chi connectivity index (χ0n) is 17.0. The third kappa shape index (κ3) is 2.85. The van der Waals surface area contributed by atoms with Crippen molar-refractivity contribution in [3.63, 3.8) is 0 Å². The normalized spacial score (nSPS) is 48.3. The molecule has 4 heteroatoms. The number of ketones is 1. The molecule has 146 valence electrons. The van der Waals surface area contributed by atoms with Crippen LogP contribution in [0.25, 0.3) is 0 Å². The quantitative estimate of drug-likeness (QED) is 0.549.